The van der Waals surface area contributed by atoms with Gasteiger partial charge in [0, 0.05) is 57.0 Å². The fraction of sp³-hybridized carbons (Fsp3) is 0.444. The van der Waals surface area contributed by atoms with Crippen LogP contribution in [0.3, 0.4) is 0 Å². The molecule has 3 aromatic rings. The van der Waals surface area contributed by atoms with Crippen LogP contribution < -0.4 is 10.3 Å². The van der Waals surface area contributed by atoms with Gasteiger partial charge in [0.15, 0.2) is 0 Å². The number of nitrogens with zero attached hydrogens (tertiary/aromatic N) is 6. The molecule has 0 aliphatic carbocycles. The number of aromatic nitrogens is 4. The van der Waals surface area contributed by atoms with Crippen LogP contribution in [0.4, 0.5) is 10.5 Å². The smallest absolute Gasteiger partial charge is 0.411 e. The van der Waals surface area contributed by atoms with Crippen molar-refractivity contribution < 1.29 is 14.7 Å². The van der Waals surface area contributed by atoms with Crippen LogP contribution in [0.15, 0.2) is 53.7 Å². The SMILES string of the molecule is CC(C)CN(C(=O)O)c1cccc(Cc2nn(-c3cnn(CCCC(=O)N4CCCC4)c3)ccc2=O)c1. The molecule has 10 nitrogen and oxygen atoms in total. The number of likely N-dealkylation sites (tertiary alicyclic amines) is 1. The zero-order valence-electron chi connectivity index (χ0n) is 21.4. The molecule has 2 amide bonds. The summed E-state index contributed by atoms with van der Waals surface area (Å²) >= 11 is 0. The van der Waals surface area contributed by atoms with Crippen molar-refractivity contribution >= 4 is 17.7 Å². The first-order chi connectivity index (χ1) is 17.8. The van der Waals surface area contributed by atoms with Crippen molar-refractivity contribution in [2.75, 3.05) is 24.5 Å². The van der Waals surface area contributed by atoms with Crippen LogP contribution in [0.25, 0.3) is 5.69 Å². The van der Waals surface area contributed by atoms with Gasteiger partial charge in [-0.2, -0.15) is 10.2 Å². The second-order valence-corrected chi connectivity index (χ2v) is 9.86. The highest BCUT2D eigenvalue weighted by molar-refractivity contribution is 5.86. The summed E-state index contributed by atoms with van der Waals surface area (Å²) in [5.74, 6) is 0.380. The van der Waals surface area contributed by atoms with Gasteiger partial charge in [0.1, 0.15) is 11.4 Å². The van der Waals surface area contributed by atoms with Crippen LogP contribution in [-0.2, 0) is 17.8 Å². The van der Waals surface area contributed by atoms with Crippen molar-refractivity contribution in [3.05, 3.63) is 70.4 Å². The van der Waals surface area contributed by atoms with Gasteiger partial charge in [0.25, 0.3) is 0 Å². The molecule has 1 aliphatic heterocycles. The molecule has 3 heterocycles. The number of carbonyl (C=O) groups is 2. The molecular weight excluding hydrogens is 472 g/mol. The Morgan fingerprint density at radius 3 is 2.68 bits per heavy atom. The molecule has 4 rings (SSSR count). The highest BCUT2D eigenvalue weighted by Crippen LogP contribution is 2.19. The molecule has 1 aromatic carbocycles. The Bertz CT molecular complexity index is 1290. The lowest BCUT2D eigenvalue weighted by molar-refractivity contribution is -0.130. The van der Waals surface area contributed by atoms with Crippen molar-refractivity contribution in [3.8, 4) is 5.69 Å². The Kier molecular flexibility index (Phi) is 8.37. The van der Waals surface area contributed by atoms with E-state index in [1.54, 1.807) is 40.0 Å². The third-order valence-corrected chi connectivity index (χ3v) is 6.37. The molecule has 196 valence electrons. The van der Waals surface area contributed by atoms with Crippen molar-refractivity contribution in [1.82, 2.24) is 24.5 Å². The second kappa shape index (κ2) is 11.9. The van der Waals surface area contributed by atoms with Gasteiger partial charge >= 0.3 is 6.09 Å². The lowest BCUT2D eigenvalue weighted by Gasteiger charge is -2.22. The summed E-state index contributed by atoms with van der Waals surface area (Å²) < 4.78 is 3.40. The minimum Gasteiger partial charge on any atom is -0.465 e. The summed E-state index contributed by atoms with van der Waals surface area (Å²) in [5, 5.41) is 18.5. The second-order valence-electron chi connectivity index (χ2n) is 9.86. The van der Waals surface area contributed by atoms with Crippen LogP contribution in [0.2, 0.25) is 0 Å². The predicted octanol–water partition coefficient (Wildman–Crippen LogP) is 3.56. The third kappa shape index (κ3) is 6.84. The number of benzene rings is 1. The number of anilines is 1. The molecule has 10 heteroatoms. The standard InChI is InChI=1S/C27H34N6O4/c1-20(2)18-32(27(36)37)22-8-5-7-21(15-22)16-24-25(34)10-14-33(29-24)23-17-28-31(19-23)13-6-9-26(35)30-11-3-4-12-30/h5,7-8,10,14-15,17,19-20H,3-4,6,9,11-13,16,18H2,1-2H3,(H,36,37). The zero-order chi connectivity index (χ0) is 26.4. The van der Waals surface area contributed by atoms with Crippen LogP contribution in [0.1, 0.15) is 50.8 Å². The first kappa shape index (κ1) is 26.1. The molecule has 37 heavy (non-hydrogen) atoms. The molecule has 0 atom stereocenters. The fourth-order valence-corrected chi connectivity index (χ4v) is 4.51. The van der Waals surface area contributed by atoms with Gasteiger partial charge in [-0.3, -0.25) is 19.2 Å². The summed E-state index contributed by atoms with van der Waals surface area (Å²) in [6, 6.07) is 8.67. The molecule has 0 unspecified atom stereocenters. The number of carbonyl (C=O) groups excluding carboxylic acids is 1. The lowest BCUT2D eigenvalue weighted by atomic mass is 10.1. The van der Waals surface area contributed by atoms with Gasteiger partial charge in [0.2, 0.25) is 11.3 Å². The molecule has 0 bridgehead atoms. The quantitative estimate of drug-likeness (QED) is 0.450. The monoisotopic (exact) mass is 506 g/mol. The van der Waals surface area contributed by atoms with Crippen LogP contribution in [0.5, 0.6) is 0 Å². The summed E-state index contributed by atoms with van der Waals surface area (Å²) in [6.07, 6.45) is 7.79. The van der Waals surface area contributed by atoms with E-state index in [1.165, 1.54) is 11.0 Å². The van der Waals surface area contributed by atoms with Gasteiger partial charge in [-0.15, -0.1) is 0 Å². The summed E-state index contributed by atoms with van der Waals surface area (Å²) in [4.78, 5) is 39.8. The largest absolute Gasteiger partial charge is 0.465 e. The molecule has 0 spiro atoms. The van der Waals surface area contributed by atoms with E-state index in [4.69, 9.17) is 0 Å². The molecule has 0 radical (unpaired) electrons. The van der Waals surface area contributed by atoms with Gasteiger partial charge in [-0.05, 0) is 42.9 Å². The van der Waals surface area contributed by atoms with E-state index in [1.807, 2.05) is 31.0 Å². The van der Waals surface area contributed by atoms with E-state index in [0.29, 0.717) is 37.3 Å². The fourth-order valence-electron chi connectivity index (χ4n) is 4.51. The van der Waals surface area contributed by atoms with E-state index in [0.717, 1.165) is 37.2 Å². The zero-order valence-corrected chi connectivity index (χ0v) is 21.4. The molecule has 1 N–H and O–H groups in total. The number of hydrogen-bond donors (Lipinski definition) is 1. The van der Waals surface area contributed by atoms with E-state index in [-0.39, 0.29) is 23.7 Å². The predicted molar refractivity (Wildman–Crippen MR) is 140 cm³/mol. The van der Waals surface area contributed by atoms with Gasteiger partial charge in [-0.1, -0.05) is 26.0 Å². The number of carboxylic acid groups (broad SMARTS) is 1. The molecular formula is C27H34N6O4. The minimum absolute atomic E-state index is 0.175. The van der Waals surface area contributed by atoms with Crippen molar-refractivity contribution in [2.45, 2.75) is 52.5 Å². The summed E-state index contributed by atoms with van der Waals surface area (Å²) in [7, 11) is 0. The Morgan fingerprint density at radius 1 is 1.16 bits per heavy atom. The van der Waals surface area contributed by atoms with E-state index < -0.39 is 6.09 Å². The summed E-state index contributed by atoms with van der Waals surface area (Å²) in [5.41, 5.74) is 2.25. The van der Waals surface area contributed by atoms with Crippen molar-refractivity contribution in [1.29, 1.82) is 0 Å². The number of aryl methyl sites for hydroxylation is 1. The highest BCUT2D eigenvalue weighted by Gasteiger charge is 2.18. The van der Waals surface area contributed by atoms with Gasteiger partial charge < -0.3 is 10.0 Å². The van der Waals surface area contributed by atoms with Gasteiger partial charge in [0.05, 0.1) is 12.4 Å². The Hall–Kier alpha value is -3.95. The van der Waals surface area contributed by atoms with E-state index in [2.05, 4.69) is 10.2 Å². The third-order valence-electron chi connectivity index (χ3n) is 6.37. The molecule has 0 saturated carbocycles. The molecule has 1 saturated heterocycles. The lowest BCUT2D eigenvalue weighted by Crippen LogP contribution is -2.32. The summed E-state index contributed by atoms with van der Waals surface area (Å²) in [6.45, 7) is 6.66. The Balaban J connectivity index is 1.43. The average molecular weight is 507 g/mol. The topological polar surface area (TPSA) is 114 Å². The van der Waals surface area contributed by atoms with Crippen LogP contribution >= 0.6 is 0 Å². The minimum atomic E-state index is -1.01. The van der Waals surface area contributed by atoms with E-state index in [9.17, 15) is 19.5 Å². The first-order valence-electron chi connectivity index (χ1n) is 12.8. The number of rotatable bonds is 10. The van der Waals surface area contributed by atoms with Crippen molar-refractivity contribution in [2.24, 2.45) is 5.92 Å². The Labute approximate surface area is 216 Å². The highest BCUT2D eigenvalue weighted by atomic mass is 16.4. The Morgan fingerprint density at radius 2 is 1.95 bits per heavy atom. The number of amides is 2. The maximum atomic E-state index is 12.6. The normalized spacial score (nSPS) is 13.3. The molecule has 1 aliphatic rings. The first-order valence-corrected chi connectivity index (χ1v) is 12.8. The molecule has 1 fully saturated rings. The molecule has 2 aromatic heterocycles. The van der Waals surface area contributed by atoms with Gasteiger partial charge in [-0.25, -0.2) is 9.48 Å². The average Bonchev–Trinajstić information content (AvgIpc) is 3.57. The van der Waals surface area contributed by atoms with Crippen LogP contribution in [-0.4, -0.2) is 61.2 Å². The van der Waals surface area contributed by atoms with E-state index >= 15 is 0 Å². The maximum Gasteiger partial charge on any atom is 0.411 e. The number of hydrogen-bond acceptors (Lipinski definition) is 5. The van der Waals surface area contributed by atoms with Crippen molar-refractivity contribution in [3.63, 3.8) is 0 Å². The van der Waals surface area contributed by atoms with Crippen LogP contribution in [0, 0.1) is 5.92 Å². The maximum absolute atomic E-state index is 12.6.